The predicted octanol–water partition coefficient (Wildman–Crippen LogP) is 4.00. The van der Waals surface area contributed by atoms with Crippen LogP contribution in [0.1, 0.15) is 80.6 Å². The average molecular weight is 509 g/mol. The fraction of sp³-hybridized carbons (Fsp3) is 0.621. The molecule has 3 heterocycles. The maximum Gasteiger partial charge on any atom is 0.337 e. The Hall–Kier alpha value is -2.87. The van der Waals surface area contributed by atoms with Crippen LogP contribution in [0.5, 0.6) is 0 Å². The molecule has 2 N–H and O–H groups in total. The van der Waals surface area contributed by atoms with Crippen molar-refractivity contribution < 1.29 is 19.1 Å². The molecule has 5 rings (SSSR count). The molecule has 2 aromatic rings. The highest BCUT2D eigenvalue weighted by atomic mass is 16.5. The van der Waals surface area contributed by atoms with Crippen molar-refractivity contribution in [1.82, 2.24) is 20.1 Å². The molecule has 2 amide bonds. The molecule has 1 aromatic carbocycles. The minimum atomic E-state index is -0.734. The fourth-order valence-electron chi connectivity index (χ4n) is 6.72. The summed E-state index contributed by atoms with van der Waals surface area (Å²) in [6.07, 6.45) is 11.0. The van der Waals surface area contributed by atoms with Crippen LogP contribution in [0.2, 0.25) is 0 Å². The van der Waals surface area contributed by atoms with Crippen LogP contribution in [-0.4, -0.2) is 70.9 Å². The summed E-state index contributed by atoms with van der Waals surface area (Å²) in [5, 5.41) is 4.25. The number of fused-ring (bicyclic) bond motifs is 1. The Bertz CT molecular complexity index is 1140. The van der Waals surface area contributed by atoms with Crippen LogP contribution in [0.4, 0.5) is 0 Å². The zero-order chi connectivity index (χ0) is 26.0. The van der Waals surface area contributed by atoms with Gasteiger partial charge in [0.25, 0.3) is 0 Å². The third-order valence-electron chi connectivity index (χ3n) is 8.82. The summed E-state index contributed by atoms with van der Waals surface area (Å²) in [6, 6.07) is 5.20. The number of H-pyrrole nitrogens is 1. The predicted molar refractivity (Wildman–Crippen MR) is 142 cm³/mol. The molecule has 2 aliphatic heterocycles. The molecule has 1 unspecified atom stereocenters. The molecule has 1 atom stereocenters. The molecule has 1 aliphatic carbocycles. The lowest BCUT2D eigenvalue weighted by Crippen LogP contribution is -2.73. The summed E-state index contributed by atoms with van der Waals surface area (Å²) < 4.78 is 4.83. The van der Waals surface area contributed by atoms with Gasteiger partial charge in [0.05, 0.1) is 12.7 Å². The number of esters is 1. The largest absolute Gasteiger partial charge is 0.465 e. The number of piperidine rings is 1. The van der Waals surface area contributed by atoms with Crippen molar-refractivity contribution in [3.05, 3.63) is 35.5 Å². The second kappa shape index (κ2) is 10.9. The maximum absolute atomic E-state index is 13.7. The third-order valence-corrected chi connectivity index (χ3v) is 8.82. The number of benzene rings is 1. The number of nitrogens with zero attached hydrogens (tertiary/aromatic N) is 2. The third kappa shape index (κ3) is 5.00. The highest BCUT2D eigenvalue weighted by Crippen LogP contribution is 2.36. The molecule has 200 valence electrons. The Morgan fingerprint density at radius 1 is 1.14 bits per heavy atom. The van der Waals surface area contributed by atoms with Crippen LogP contribution in [0.3, 0.4) is 0 Å². The fourth-order valence-corrected chi connectivity index (χ4v) is 6.72. The summed E-state index contributed by atoms with van der Waals surface area (Å²) in [7, 11) is 1.38. The Morgan fingerprint density at radius 3 is 2.59 bits per heavy atom. The number of hydrogen-bond acceptors (Lipinski definition) is 5. The second-order valence-corrected chi connectivity index (χ2v) is 11.1. The topological polar surface area (TPSA) is 94.7 Å². The molecule has 0 radical (unpaired) electrons. The van der Waals surface area contributed by atoms with Crippen LogP contribution >= 0.6 is 0 Å². The normalized spacial score (nSPS) is 23.0. The molecule has 0 bridgehead atoms. The van der Waals surface area contributed by atoms with Gasteiger partial charge in [-0.2, -0.15) is 0 Å². The lowest BCUT2D eigenvalue weighted by atomic mass is 9.79. The minimum absolute atomic E-state index is 0.0449. The Balaban J connectivity index is 1.26. The summed E-state index contributed by atoms with van der Waals surface area (Å²) in [6.45, 7) is 4.98. The molecule has 8 heteroatoms. The first-order valence-corrected chi connectivity index (χ1v) is 14.0. The number of carbonyl (C=O) groups is 3. The van der Waals surface area contributed by atoms with Crippen LogP contribution < -0.4 is 5.32 Å². The van der Waals surface area contributed by atoms with E-state index >= 15 is 0 Å². The first-order valence-electron chi connectivity index (χ1n) is 14.0. The zero-order valence-corrected chi connectivity index (χ0v) is 22.2. The number of methoxy groups -OCH3 is 1. The van der Waals surface area contributed by atoms with E-state index in [1.165, 1.54) is 39.2 Å². The molecule has 3 fully saturated rings. The standard InChI is InChI=1S/C29H40N4O4/c1-3-13-33-26(34)25(16-20-7-5-4-6-8-20)31-28(36)29(33)11-14-32(15-12-29)19-22-18-30-24-17-21(27(35)37-2)9-10-23(22)24/h9-10,17-18,20,25,30H,3-8,11-16,19H2,1-2H3,(H,31,36). The van der Waals surface area contributed by atoms with E-state index in [0.29, 0.717) is 30.9 Å². The van der Waals surface area contributed by atoms with Crippen LogP contribution in [0, 0.1) is 5.92 Å². The van der Waals surface area contributed by atoms with E-state index in [1.807, 2.05) is 23.2 Å². The van der Waals surface area contributed by atoms with Crippen LogP contribution in [0.15, 0.2) is 24.4 Å². The van der Waals surface area contributed by atoms with Crippen LogP contribution in [0.25, 0.3) is 10.9 Å². The number of aromatic amines is 1. The van der Waals surface area contributed by atoms with E-state index < -0.39 is 5.54 Å². The number of ether oxygens (including phenoxy) is 1. The van der Waals surface area contributed by atoms with Crippen molar-refractivity contribution >= 4 is 28.7 Å². The molecule has 1 aromatic heterocycles. The number of carbonyl (C=O) groups excluding carboxylic acids is 3. The molecular formula is C29H40N4O4. The zero-order valence-electron chi connectivity index (χ0n) is 22.2. The monoisotopic (exact) mass is 508 g/mol. The first kappa shape index (κ1) is 25.8. The van der Waals surface area contributed by atoms with Gasteiger partial charge in [0.2, 0.25) is 11.8 Å². The average Bonchev–Trinajstić information content (AvgIpc) is 3.32. The number of hydrogen-bond donors (Lipinski definition) is 2. The van der Waals surface area contributed by atoms with E-state index in [1.54, 1.807) is 6.07 Å². The Kier molecular flexibility index (Phi) is 7.56. The molecule has 1 spiro atoms. The Morgan fingerprint density at radius 2 is 1.89 bits per heavy atom. The SMILES string of the molecule is CCCN1C(=O)C(CC2CCCCC2)NC(=O)C12CCN(Cc1c[nH]c3cc(C(=O)OC)ccc13)CC2. The maximum atomic E-state index is 13.7. The highest BCUT2D eigenvalue weighted by molar-refractivity contribution is 6.00. The minimum Gasteiger partial charge on any atom is -0.465 e. The van der Waals surface area contributed by atoms with Gasteiger partial charge in [-0.25, -0.2) is 4.79 Å². The molecule has 37 heavy (non-hydrogen) atoms. The number of likely N-dealkylation sites (tertiary alicyclic amines) is 1. The summed E-state index contributed by atoms with van der Waals surface area (Å²) in [5.74, 6) is 0.362. The quantitative estimate of drug-likeness (QED) is 0.552. The second-order valence-electron chi connectivity index (χ2n) is 11.1. The van der Waals surface area contributed by atoms with Gasteiger partial charge in [-0.15, -0.1) is 0 Å². The molecule has 8 nitrogen and oxygen atoms in total. The summed E-state index contributed by atoms with van der Waals surface area (Å²) in [5.41, 5.74) is 1.85. The van der Waals surface area contributed by atoms with E-state index in [-0.39, 0.29) is 23.8 Å². The molecule has 2 saturated heterocycles. The van der Waals surface area contributed by atoms with Crippen molar-refractivity contribution in [2.75, 3.05) is 26.7 Å². The first-order chi connectivity index (χ1) is 17.9. The van der Waals surface area contributed by atoms with Crippen molar-refractivity contribution in [3.8, 4) is 0 Å². The van der Waals surface area contributed by atoms with Crippen molar-refractivity contribution in [1.29, 1.82) is 0 Å². The number of amides is 2. The van der Waals surface area contributed by atoms with Gasteiger partial charge >= 0.3 is 5.97 Å². The van der Waals surface area contributed by atoms with Gasteiger partial charge in [-0.3, -0.25) is 14.5 Å². The van der Waals surface area contributed by atoms with Crippen molar-refractivity contribution in [3.63, 3.8) is 0 Å². The molecule has 1 saturated carbocycles. The van der Waals surface area contributed by atoms with Crippen molar-refractivity contribution in [2.24, 2.45) is 5.92 Å². The van der Waals surface area contributed by atoms with E-state index in [0.717, 1.165) is 48.9 Å². The van der Waals surface area contributed by atoms with Gasteiger partial charge in [0.15, 0.2) is 0 Å². The number of aromatic nitrogens is 1. The summed E-state index contributed by atoms with van der Waals surface area (Å²) in [4.78, 5) is 46.7. The molecular weight excluding hydrogens is 468 g/mol. The van der Waals surface area contributed by atoms with Gasteiger partial charge in [-0.05, 0) is 49.3 Å². The van der Waals surface area contributed by atoms with Gasteiger partial charge in [0.1, 0.15) is 11.6 Å². The number of nitrogens with one attached hydrogen (secondary N) is 2. The molecule has 3 aliphatic rings. The Labute approximate surface area is 219 Å². The number of rotatable bonds is 7. The smallest absolute Gasteiger partial charge is 0.337 e. The van der Waals surface area contributed by atoms with Gasteiger partial charge < -0.3 is 19.9 Å². The van der Waals surface area contributed by atoms with Gasteiger partial charge in [-0.1, -0.05) is 45.1 Å². The van der Waals surface area contributed by atoms with E-state index in [4.69, 9.17) is 4.74 Å². The van der Waals surface area contributed by atoms with Crippen LogP contribution in [-0.2, 0) is 20.9 Å². The highest BCUT2D eigenvalue weighted by Gasteiger charge is 2.53. The lowest BCUT2D eigenvalue weighted by Gasteiger charge is -2.52. The summed E-state index contributed by atoms with van der Waals surface area (Å²) >= 11 is 0. The number of piperazine rings is 1. The lowest BCUT2D eigenvalue weighted by molar-refractivity contribution is -0.162. The van der Waals surface area contributed by atoms with E-state index in [2.05, 4.69) is 22.1 Å². The van der Waals surface area contributed by atoms with E-state index in [9.17, 15) is 14.4 Å². The van der Waals surface area contributed by atoms with Crippen molar-refractivity contribution in [2.45, 2.75) is 82.8 Å². The van der Waals surface area contributed by atoms with Gasteiger partial charge in [0, 0.05) is 43.3 Å².